The number of piperidine rings is 1. The maximum Gasteiger partial charge on any atom is 0.407 e. The summed E-state index contributed by atoms with van der Waals surface area (Å²) in [5, 5.41) is 2.82. The van der Waals surface area contributed by atoms with E-state index in [0.29, 0.717) is 32.0 Å². The zero-order chi connectivity index (χ0) is 20.0. The van der Waals surface area contributed by atoms with Crippen LogP contribution in [0.25, 0.3) is 0 Å². The number of halogens is 1. The summed E-state index contributed by atoms with van der Waals surface area (Å²) in [5.74, 6) is 0.283. The lowest BCUT2D eigenvalue weighted by atomic mass is 9.94. The number of carbonyl (C=O) groups is 2. The topological polar surface area (TPSA) is 58.6 Å². The summed E-state index contributed by atoms with van der Waals surface area (Å²) in [7, 11) is 0. The highest BCUT2D eigenvalue weighted by atomic mass is 19.1. The highest BCUT2D eigenvalue weighted by Crippen LogP contribution is 2.23. The van der Waals surface area contributed by atoms with Crippen LogP contribution >= 0.6 is 0 Å². The number of likely N-dealkylation sites (tertiary alicyclic amines) is 1. The van der Waals surface area contributed by atoms with Gasteiger partial charge in [-0.15, -0.1) is 0 Å². The maximum atomic E-state index is 13.0. The molecule has 0 spiro atoms. The molecule has 1 atom stereocenters. The van der Waals surface area contributed by atoms with Crippen LogP contribution in [0.2, 0.25) is 0 Å². The van der Waals surface area contributed by atoms with E-state index in [-0.39, 0.29) is 17.6 Å². The van der Waals surface area contributed by atoms with Gasteiger partial charge in [0.05, 0.1) is 0 Å². The molecular weight excluding hydrogens is 347 g/mol. The quantitative estimate of drug-likeness (QED) is 0.840. The van der Waals surface area contributed by atoms with Gasteiger partial charge in [-0.25, -0.2) is 9.18 Å². The van der Waals surface area contributed by atoms with Crippen LogP contribution in [0.1, 0.15) is 58.4 Å². The van der Waals surface area contributed by atoms with Crippen LogP contribution < -0.4 is 5.32 Å². The van der Waals surface area contributed by atoms with Gasteiger partial charge >= 0.3 is 6.09 Å². The van der Waals surface area contributed by atoms with Crippen molar-refractivity contribution in [3.8, 4) is 0 Å². The lowest BCUT2D eigenvalue weighted by molar-refractivity contribution is -0.132. The van der Waals surface area contributed by atoms with Crippen molar-refractivity contribution in [2.24, 2.45) is 5.92 Å². The first-order chi connectivity index (χ1) is 12.6. The number of amides is 2. The lowest BCUT2D eigenvalue weighted by Gasteiger charge is -2.33. The standard InChI is InChI=1S/C21H31FN2O3/c1-15(17-5-7-18(22)8-6-17)13-19(25)24-11-9-16(10-12-24)14-23-20(26)27-21(2,3)4/h5-8,15-16H,9-14H2,1-4H3,(H,23,26)/t15-/m1/s1. The van der Waals surface area contributed by atoms with E-state index in [4.69, 9.17) is 4.74 Å². The molecule has 0 saturated carbocycles. The first-order valence-corrected chi connectivity index (χ1v) is 9.64. The lowest BCUT2D eigenvalue weighted by Crippen LogP contribution is -2.42. The van der Waals surface area contributed by atoms with E-state index in [0.717, 1.165) is 18.4 Å². The average molecular weight is 378 g/mol. The Morgan fingerprint density at radius 2 is 1.81 bits per heavy atom. The largest absolute Gasteiger partial charge is 0.444 e. The fourth-order valence-electron chi connectivity index (χ4n) is 3.23. The van der Waals surface area contributed by atoms with Crippen molar-refractivity contribution in [1.82, 2.24) is 10.2 Å². The molecule has 0 radical (unpaired) electrons. The van der Waals surface area contributed by atoms with Crippen LogP contribution in [0, 0.1) is 11.7 Å². The van der Waals surface area contributed by atoms with E-state index in [1.807, 2.05) is 32.6 Å². The molecule has 1 N–H and O–H groups in total. The summed E-state index contributed by atoms with van der Waals surface area (Å²) in [5.41, 5.74) is 0.474. The smallest absolute Gasteiger partial charge is 0.407 e. The van der Waals surface area contributed by atoms with Crippen molar-refractivity contribution in [3.05, 3.63) is 35.6 Å². The van der Waals surface area contributed by atoms with Gasteiger partial charge in [0.2, 0.25) is 5.91 Å². The molecule has 0 bridgehead atoms. The van der Waals surface area contributed by atoms with Crippen LogP contribution in [-0.4, -0.2) is 42.1 Å². The monoisotopic (exact) mass is 378 g/mol. The summed E-state index contributed by atoms with van der Waals surface area (Å²) in [6, 6.07) is 6.34. The number of carbonyl (C=O) groups excluding carboxylic acids is 2. The van der Waals surface area contributed by atoms with Gasteiger partial charge in [0.1, 0.15) is 11.4 Å². The molecular formula is C21H31FN2O3. The Morgan fingerprint density at radius 3 is 2.37 bits per heavy atom. The summed E-state index contributed by atoms with van der Waals surface area (Å²) in [6.07, 6.45) is 1.76. The first-order valence-electron chi connectivity index (χ1n) is 9.64. The molecule has 1 heterocycles. The molecule has 6 heteroatoms. The Kier molecular flexibility index (Phi) is 7.22. The molecule has 0 unspecified atom stereocenters. The van der Waals surface area contributed by atoms with Crippen LogP contribution in [0.5, 0.6) is 0 Å². The van der Waals surface area contributed by atoms with Crippen LogP contribution in [0.3, 0.4) is 0 Å². The summed E-state index contributed by atoms with van der Waals surface area (Å²) in [4.78, 5) is 26.2. The van der Waals surface area contributed by atoms with E-state index in [1.54, 1.807) is 12.1 Å². The molecule has 150 valence electrons. The maximum absolute atomic E-state index is 13.0. The predicted octanol–water partition coefficient (Wildman–Crippen LogP) is 4.08. The Morgan fingerprint density at radius 1 is 1.22 bits per heavy atom. The predicted molar refractivity (Wildman–Crippen MR) is 103 cm³/mol. The van der Waals surface area contributed by atoms with Crippen molar-refractivity contribution in [2.75, 3.05) is 19.6 Å². The van der Waals surface area contributed by atoms with Crippen molar-refractivity contribution < 1.29 is 18.7 Å². The van der Waals surface area contributed by atoms with Gasteiger partial charge in [0.25, 0.3) is 0 Å². The van der Waals surface area contributed by atoms with Gasteiger partial charge in [-0.2, -0.15) is 0 Å². The third kappa shape index (κ3) is 7.19. The average Bonchev–Trinajstić information content (AvgIpc) is 2.59. The minimum Gasteiger partial charge on any atom is -0.444 e. The number of rotatable bonds is 5. The molecule has 0 aromatic heterocycles. The number of ether oxygens (including phenoxy) is 1. The van der Waals surface area contributed by atoms with E-state index < -0.39 is 11.7 Å². The molecule has 1 saturated heterocycles. The van der Waals surface area contributed by atoms with E-state index in [2.05, 4.69) is 5.32 Å². The normalized spacial score (nSPS) is 16.7. The summed E-state index contributed by atoms with van der Waals surface area (Å²) in [6.45, 7) is 9.48. The summed E-state index contributed by atoms with van der Waals surface area (Å²) < 4.78 is 18.3. The van der Waals surface area contributed by atoms with Gasteiger partial charge in [-0.05, 0) is 63.1 Å². The Balaban J connectivity index is 1.72. The molecule has 1 aromatic rings. The molecule has 1 fully saturated rings. The fourth-order valence-corrected chi connectivity index (χ4v) is 3.23. The molecule has 1 aliphatic rings. The Labute approximate surface area is 161 Å². The minimum absolute atomic E-state index is 0.0599. The van der Waals surface area contributed by atoms with Crippen molar-refractivity contribution in [2.45, 2.75) is 58.5 Å². The number of hydrogen-bond acceptors (Lipinski definition) is 3. The van der Waals surface area contributed by atoms with Crippen molar-refractivity contribution in [3.63, 3.8) is 0 Å². The van der Waals surface area contributed by atoms with Gasteiger partial charge in [-0.3, -0.25) is 4.79 Å². The first kappa shape index (κ1) is 21.2. The zero-order valence-electron chi connectivity index (χ0n) is 16.8. The van der Waals surface area contributed by atoms with Crippen molar-refractivity contribution in [1.29, 1.82) is 0 Å². The number of nitrogens with zero attached hydrogens (tertiary/aromatic N) is 1. The highest BCUT2D eigenvalue weighted by molar-refractivity contribution is 5.77. The number of nitrogens with one attached hydrogen (secondary N) is 1. The SMILES string of the molecule is C[C@H](CC(=O)N1CCC(CNC(=O)OC(C)(C)C)CC1)c1ccc(F)cc1. The third-order valence-corrected chi connectivity index (χ3v) is 4.82. The Hall–Kier alpha value is -2.11. The third-order valence-electron chi connectivity index (χ3n) is 4.82. The molecule has 5 nitrogen and oxygen atoms in total. The van der Waals surface area contributed by atoms with Crippen LogP contribution in [0.15, 0.2) is 24.3 Å². The van der Waals surface area contributed by atoms with Gasteiger partial charge in [0.15, 0.2) is 0 Å². The van der Waals surface area contributed by atoms with E-state index in [1.165, 1.54) is 12.1 Å². The second kappa shape index (κ2) is 9.20. The van der Waals surface area contributed by atoms with Crippen molar-refractivity contribution >= 4 is 12.0 Å². The minimum atomic E-state index is -0.499. The number of hydrogen-bond donors (Lipinski definition) is 1. The highest BCUT2D eigenvalue weighted by Gasteiger charge is 2.25. The number of alkyl carbamates (subject to hydrolysis) is 1. The molecule has 1 aliphatic heterocycles. The summed E-state index contributed by atoms with van der Waals surface area (Å²) >= 11 is 0. The molecule has 2 amide bonds. The molecule has 0 aliphatic carbocycles. The zero-order valence-corrected chi connectivity index (χ0v) is 16.8. The molecule has 1 aromatic carbocycles. The van der Waals surface area contributed by atoms with Gasteiger partial charge in [-0.1, -0.05) is 19.1 Å². The fraction of sp³-hybridized carbons (Fsp3) is 0.619. The van der Waals surface area contributed by atoms with Gasteiger partial charge in [0, 0.05) is 26.1 Å². The van der Waals surface area contributed by atoms with Gasteiger partial charge < -0.3 is 15.0 Å². The second-order valence-corrected chi connectivity index (χ2v) is 8.36. The van der Waals surface area contributed by atoms with E-state index >= 15 is 0 Å². The second-order valence-electron chi connectivity index (χ2n) is 8.36. The Bertz CT molecular complexity index is 632. The number of benzene rings is 1. The van der Waals surface area contributed by atoms with Crippen LogP contribution in [0.4, 0.5) is 9.18 Å². The molecule has 2 rings (SSSR count). The van der Waals surface area contributed by atoms with Crippen LogP contribution in [-0.2, 0) is 9.53 Å². The molecule has 27 heavy (non-hydrogen) atoms. The van der Waals surface area contributed by atoms with E-state index in [9.17, 15) is 14.0 Å².